The highest BCUT2D eigenvalue weighted by Crippen LogP contribution is 2.35. The van der Waals surface area contributed by atoms with Gasteiger partial charge in [-0.1, -0.05) is 12.1 Å². The lowest BCUT2D eigenvalue weighted by molar-refractivity contribution is 0.0696. The van der Waals surface area contributed by atoms with Crippen LogP contribution in [0.3, 0.4) is 0 Å². The minimum absolute atomic E-state index is 0.0581. The average molecular weight is 332 g/mol. The van der Waals surface area contributed by atoms with Crippen LogP contribution in [0.15, 0.2) is 53.4 Å². The summed E-state index contributed by atoms with van der Waals surface area (Å²) in [5.74, 6) is -1.08. The quantitative estimate of drug-likeness (QED) is 0.930. The number of anilines is 2. The van der Waals surface area contributed by atoms with Crippen molar-refractivity contribution in [2.75, 3.05) is 29.3 Å². The first-order valence-corrected chi connectivity index (χ1v) is 8.51. The summed E-state index contributed by atoms with van der Waals surface area (Å²) < 4.78 is 27.2. The van der Waals surface area contributed by atoms with E-state index < -0.39 is 16.0 Å². The molecule has 0 aromatic heterocycles. The number of aromatic carboxylic acids is 1. The van der Waals surface area contributed by atoms with Crippen LogP contribution < -0.4 is 9.21 Å². The van der Waals surface area contributed by atoms with E-state index in [0.717, 1.165) is 5.69 Å². The van der Waals surface area contributed by atoms with Gasteiger partial charge in [-0.3, -0.25) is 4.31 Å². The van der Waals surface area contributed by atoms with Gasteiger partial charge in [0.2, 0.25) is 0 Å². The van der Waals surface area contributed by atoms with Gasteiger partial charge in [0, 0.05) is 13.6 Å². The van der Waals surface area contributed by atoms with E-state index in [1.165, 1.54) is 28.6 Å². The normalized spacial score (nSPS) is 14.5. The molecule has 1 aliphatic rings. The molecule has 0 spiro atoms. The Morgan fingerprint density at radius 3 is 2.22 bits per heavy atom. The number of carbonyl (C=O) groups is 1. The number of hydrogen-bond donors (Lipinski definition) is 1. The summed E-state index contributed by atoms with van der Waals surface area (Å²) >= 11 is 0. The van der Waals surface area contributed by atoms with E-state index in [4.69, 9.17) is 5.11 Å². The van der Waals surface area contributed by atoms with E-state index in [1.807, 2.05) is 24.1 Å². The topological polar surface area (TPSA) is 77.9 Å². The zero-order chi connectivity index (χ0) is 16.6. The predicted octanol–water partition coefficient (Wildman–Crippen LogP) is 2.03. The molecule has 2 aromatic carbocycles. The van der Waals surface area contributed by atoms with E-state index in [2.05, 4.69) is 0 Å². The van der Waals surface area contributed by atoms with Gasteiger partial charge in [0.1, 0.15) is 0 Å². The first-order chi connectivity index (χ1) is 10.9. The van der Waals surface area contributed by atoms with Gasteiger partial charge < -0.3 is 10.0 Å². The number of fused-ring (bicyclic) bond motifs is 1. The Labute approximate surface area is 134 Å². The molecule has 23 heavy (non-hydrogen) atoms. The lowest BCUT2D eigenvalue weighted by atomic mass is 10.2. The molecule has 1 N–H and O–H groups in total. The van der Waals surface area contributed by atoms with Crippen LogP contribution in [0.1, 0.15) is 10.4 Å². The van der Waals surface area contributed by atoms with Crippen LogP contribution in [0.4, 0.5) is 11.4 Å². The highest BCUT2D eigenvalue weighted by Gasteiger charge is 2.30. The second-order valence-electron chi connectivity index (χ2n) is 5.32. The van der Waals surface area contributed by atoms with Crippen molar-refractivity contribution in [1.82, 2.24) is 0 Å². The molecule has 3 rings (SSSR count). The number of hydrogen-bond acceptors (Lipinski definition) is 4. The summed E-state index contributed by atoms with van der Waals surface area (Å²) in [4.78, 5) is 13.0. The molecule has 7 heteroatoms. The number of likely N-dealkylation sites (N-methyl/N-ethyl adjacent to an activating group) is 1. The van der Waals surface area contributed by atoms with Crippen LogP contribution in [0, 0.1) is 0 Å². The Morgan fingerprint density at radius 2 is 1.61 bits per heavy atom. The van der Waals surface area contributed by atoms with Crippen molar-refractivity contribution in [3.63, 3.8) is 0 Å². The fourth-order valence-corrected chi connectivity index (χ4v) is 4.10. The molecule has 0 bridgehead atoms. The summed E-state index contributed by atoms with van der Waals surface area (Å²) in [6, 6.07) is 12.6. The van der Waals surface area contributed by atoms with Crippen molar-refractivity contribution in [3.8, 4) is 0 Å². The molecule has 0 unspecified atom stereocenters. The van der Waals surface area contributed by atoms with Gasteiger partial charge >= 0.3 is 5.97 Å². The molecule has 0 radical (unpaired) electrons. The van der Waals surface area contributed by atoms with E-state index in [1.54, 1.807) is 12.1 Å². The standard InChI is InChI=1S/C16H16N2O4S/c1-17-10-11-18(15-5-3-2-4-14(15)17)23(21,22)13-8-6-12(7-9-13)16(19)20/h2-9H,10-11H2,1H3,(H,19,20). The van der Waals surface area contributed by atoms with Crippen molar-refractivity contribution in [2.24, 2.45) is 0 Å². The average Bonchev–Trinajstić information content (AvgIpc) is 2.55. The van der Waals surface area contributed by atoms with Crippen LogP contribution in [-0.4, -0.2) is 39.6 Å². The van der Waals surface area contributed by atoms with Gasteiger partial charge in [-0.05, 0) is 36.4 Å². The van der Waals surface area contributed by atoms with Crippen molar-refractivity contribution >= 4 is 27.4 Å². The fourth-order valence-electron chi connectivity index (χ4n) is 2.63. The summed E-state index contributed by atoms with van der Waals surface area (Å²) in [6.45, 7) is 0.931. The van der Waals surface area contributed by atoms with E-state index in [9.17, 15) is 13.2 Å². The zero-order valence-corrected chi connectivity index (χ0v) is 13.3. The lowest BCUT2D eigenvalue weighted by Crippen LogP contribution is -2.42. The largest absolute Gasteiger partial charge is 0.478 e. The molecular formula is C16H16N2O4S. The van der Waals surface area contributed by atoms with Gasteiger partial charge in [-0.25, -0.2) is 13.2 Å². The Bertz CT molecular complexity index is 847. The second-order valence-corrected chi connectivity index (χ2v) is 7.18. The molecule has 0 atom stereocenters. The van der Waals surface area contributed by atoms with Crippen molar-refractivity contribution in [3.05, 3.63) is 54.1 Å². The molecule has 0 saturated heterocycles. The van der Waals surface area contributed by atoms with Gasteiger partial charge in [-0.2, -0.15) is 0 Å². The minimum Gasteiger partial charge on any atom is -0.478 e. The van der Waals surface area contributed by atoms with E-state index in [0.29, 0.717) is 18.8 Å². The second kappa shape index (κ2) is 5.58. The lowest BCUT2D eigenvalue weighted by Gasteiger charge is -2.36. The highest BCUT2D eigenvalue weighted by atomic mass is 32.2. The Kier molecular flexibility index (Phi) is 3.73. The van der Waals surface area contributed by atoms with Crippen molar-refractivity contribution in [1.29, 1.82) is 0 Å². The Morgan fingerprint density at radius 1 is 1.00 bits per heavy atom. The van der Waals surface area contributed by atoms with Crippen LogP contribution in [0.2, 0.25) is 0 Å². The molecule has 1 aliphatic heterocycles. The molecular weight excluding hydrogens is 316 g/mol. The Balaban J connectivity index is 2.03. The van der Waals surface area contributed by atoms with Crippen LogP contribution in [0.25, 0.3) is 0 Å². The SMILES string of the molecule is CN1CCN(S(=O)(=O)c2ccc(C(=O)O)cc2)c2ccccc21. The van der Waals surface area contributed by atoms with Crippen molar-refractivity contribution in [2.45, 2.75) is 4.90 Å². The number of benzene rings is 2. The van der Waals surface area contributed by atoms with Gasteiger partial charge in [0.15, 0.2) is 0 Å². The number of carboxylic acid groups (broad SMARTS) is 1. The number of carboxylic acids is 1. The van der Waals surface area contributed by atoms with Gasteiger partial charge in [0.05, 0.1) is 28.4 Å². The summed E-state index contributed by atoms with van der Waals surface area (Å²) in [5, 5.41) is 8.92. The van der Waals surface area contributed by atoms with Gasteiger partial charge in [0.25, 0.3) is 10.0 Å². The molecule has 0 fully saturated rings. The van der Waals surface area contributed by atoms with Crippen LogP contribution in [0.5, 0.6) is 0 Å². The van der Waals surface area contributed by atoms with Crippen LogP contribution in [-0.2, 0) is 10.0 Å². The minimum atomic E-state index is -3.73. The third-order valence-electron chi connectivity index (χ3n) is 3.89. The number of sulfonamides is 1. The van der Waals surface area contributed by atoms with Gasteiger partial charge in [-0.15, -0.1) is 0 Å². The highest BCUT2D eigenvalue weighted by molar-refractivity contribution is 7.92. The number of para-hydroxylation sites is 2. The molecule has 1 heterocycles. The molecule has 2 aromatic rings. The number of rotatable bonds is 3. The molecule has 0 saturated carbocycles. The van der Waals surface area contributed by atoms with Crippen LogP contribution >= 0.6 is 0 Å². The summed E-state index contributed by atoms with van der Waals surface area (Å²) in [5.41, 5.74) is 1.54. The smallest absolute Gasteiger partial charge is 0.335 e. The summed E-state index contributed by atoms with van der Waals surface area (Å²) in [6.07, 6.45) is 0. The molecule has 6 nitrogen and oxygen atoms in total. The maximum Gasteiger partial charge on any atom is 0.335 e. The third-order valence-corrected chi connectivity index (χ3v) is 5.72. The molecule has 0 aliphatic carbocycles. The van der Waals surface area contributed by atoms with E-state index in [-0.39, 0.29) is 10.5 Å². The Hall–Kier alpha value is -2.54. The third kappa shape index (κ3) is 2.63. The maximum absolute atomic E-state index is 12.9. The monoisotopic (exact) mass is 332 g/mol. The van der Waals surface area contributed by atoms with E-state index >= 15 is 0 Å². The molecule has 120 valence electrons. The molecule has 0 amide bonds. The maximum atomic E-state index is 12.9. The zero-order valence-electron chi connectivity index (χ0n) is 12.5. The first-order valence-electron chi connectivity index (χ1n) is 7.07. The number of nitrogens with zero attached hydrogens (tertiary/aromatic N) is 2. The van der Waals surface area contributed by atoms with Crippen molar-refractivity contribution < 1.29 is 18.3 Å². The predicted molar refractivity (Wildman–Crippen MR) is 87.6 cm³/mol. The summed E-state index contributed by atoms with van der Waals surface area (Å²) in [7, 11) is -1.81. The fraction of sp³-hybridized carbons (Fsp3) is 0.188. The first kappa shape index (κ1) is 15.4.